The van der Waals surface area contributed by atoms with E-state index in [0.717, 1.165) is 24.2 Å². The number of benzene rings is 2. The summed E-state index contributed by atoms with van der Waals surface area (Å²) in [6.07, 6.45) is 1.84. The smallest absolute Gasteiger partial charge is 0.251 e. The van der Waals surface area contributed by atoms with Gasteiger partial charge in [-0.05, 0) is 25.0 Å². The summed E-state index contributed by atoms with van der Waals surface area (Å²) in [5, 5.41) is 10.1. The van der Waals surface area contributed by atoms with Crippen LogP contribution in [-0.4, -0.2) is 51.5 Å². The summed E-state index contributed by atoms with van der Waals surface area (Å²) in [6, 6.07) is 18.7. The molecule has 0 radical (unpaired) electrons. The first-order valence-electron chi connectivity index (χ1n) is 9.79. The molecule has 2 heterocycles. The van der Waals surface area contributed by atoms with E-state index in [4.69, 9.17) is 0 Å². The van der Waals surface area contributed by atoms with Crippen molar-refractivity contribution in [3.8, 4) is 11.4 Å². The Balaban J connectivity index is 1.35. The zero-order chi connectivity index (χ0) is 20.1. The largest absolute Gasteiger partial charge is 0.343 e. The van der Waals surface area contributed by atoms with Crippen molar-refractivity contribution in [3.63, 3.8) is 0 Å². The number of hydrogen-bond acceptors (Lipinski definition) is 4. The minimum absolute atomic E-state index is 0.00782. The van der Waals surface area contributed by atoms with E-state index in [1.165, 1.54) is 0 Å². The molecule has 3 aromatic rings. The number of carbonyl (C=O) groups is 2. The first-order valence-corrected chi connectivity index (χ1v) is 9.79. The van der Waals surface area contributed by atoms with Gasteiger partial charge in [0.25, 0.3) is 5.91 Å². The first kappa shape index (κ1) is 18.9. The van der Waals surface area contributed by atoms with Crippen LogP contribution in [0.1, 0.15) is 34.9 Å². The SMILES string of the molecule is O=C(NCC(=O)N1CCCC(c2nc(-c3ccccc3)n[nH]2)C1)c1ccccc1. The van der Waals surface area contributed by atoms with E-state index >= 15 is 0 Å². The zero-order valence-electron chi connectivity index (χ0n) is 16.0. The summed E-state index contributed by atoms with van der Waals surface area (Å²) in [5.41, 5.74) is 1.51. The topological polar surface area (TPSA) is 91.0 Å². The highest BCUT2D eigenvalue weighted by molar-refractivity contribution is 5.96. The van der Waals surface area contributed by atoms with Gasteiger partial charge >= 0.3 is 0 Å². The molecule has 4 rings (SSSR count). The minimum atomic E-state index is -0.241. The summed E-state index contributed by atoms with van der Waals surface area (Å²) in [5.74, 6) is 1.26. The van der Waals surface area contributed by atoms with E-state index in [1.54, 1.807) is 29.2 Å². The van der Waals surface area contributed by atoms with Crippen LogP contribution in [0, 0.1) is 0 Å². The highest BCUT2D eigenvalue weighted by Gasteiger charge is 2.27. The molecule has 1 fully saturated rings. The lowest BCUT2D eigenvalue weighted by molar-refractivity contribution is -0.131. The number of hydrogen-bond donors (Lipinski definition) is 2. The van der Waals surface area contributed by atoms with Crippen LogP contribution in [0.5, 0.6) is 0 Å². The van der Waals surface area contributed by atoms with E-state index in [2.05, 4.69) is 20.5 Å². The van der Waals surface area contributed by atoms with Gasteiger partial charge < -0.3 is 10.2 Å². The molecule has 0 bridgehead atoms. The highest BCUT2D eigenvalue weighted by Crippen LogP contribution is 2.26. The molecule has 1 aliphatic heterocycles. The molecule has 0 aliphatic carbocycles. The number of rotatable bonds is 5. The fourth-order valence-electron chi connectivity index (χ4n) is 3.56. The van der Waals surface area contributed by atoms with Crippen molar-refractivity contribution in [1.29, 1.82) is 0 Å². The van der Waals surface area contributed by atoms with Crippen LogP contribution in [0.25, 0.3) is 11.4 Å². The minimum Gasteiger partial charge on any atom is -0.343 e. The summed E-state index contributed by atoms with van der Waals surface area (Å²) in [6.45, 7) is 1.26. The predicted molar refractivity (Wildman–Crippen MR) is 109 cm³/mol. The van der Waals surface area contributed by atoms with Crippen LogP contribution in [-0.2, 0) is 4.79 Å². The lowest BCUT2D eigenvalue weighted by atomic mass is 9.97. The molecule has 1 saturated heterocycles. The van der Waals surface area contributed by atoms with Gasteiger partial charge in [0.05, 0.1) is 6.54 Å². The van der Waals surface area contributed by atoms with Crippen molar-refractivity contribution < 1.29 is 9.59 Å². The normalized spacial score (nSPS) is 16.4. The van der Waals surface area contributed by atoms with E-state index in [0.29, 0.717) is 24.5 Å². The third-order valence-corrected chi connectivity index (χ3v) is 5.13. The van der Waals surface area contributed by atoms with Crippen LogP contribution in [0.3, 0.4) is 0 Å². The van der Waals surface area contributed by atoms with E-state index in [1.807, 2.05) is 36.4 Å². The molecule has 7 heteroatoms. The van der Waals surface area contributed by atoms with Gasteiger partial charge in [-0.15, -0.1) is 0 Å². The molecule has 2 amide bonds. The Morgan fingerprint density at radius 1 is 1.07 bits per heavy atom. The third-order valence-electron chi connectivity index (χ3n) is 5.13. The van der Waals surface area contributed by atoms with E-state index in [9.17, 15) is 9.59 Å². The molecule has 1 atom stereocenters. The quantitative estimate of drug-likeness (QED) is 0.702. The second-order valence-corrected chi connectivity index (χ2v) is 7.14. The summed E-state index contributed by atoms with van der Waals surface area (Å²) in [4.78, 5) is 31.2. The maximum atomic E-state index is 12.6. The molecule has 1 aromatic heterocycles. The van der Waals surface area contributed by atoms with Crippen molar-refractivity contribution in [2.24, 2.45) is 0 Å². The Hall–Kier alpha value is -3.48. The Bertz CT molecular complexity index is 971. The Kier molecular flexibility index (Phi) is 5.65. The number of piperidine rings is 1. The summed E-state index contributed by atoms with van der Waals surface area (Å²) >= 11 is 0. The van der Waals surface area contributed by atoms with Crippen molar-refractivity contribution in [2.45, 2.75) is 18.8 Å². The van der Waals surface area contributed by atoms with Crippen molar-refractivity contribution in [3.05, 3.63) is 72.1 Å². The van der Waals surface area contributed by atoms with Crippen LogP contribution in [0.2, 0.25) is 0 Å². The highest BCUT2D eigenvalue weighted by atomic mass is 16.2. The van der Waals surface area contributed by atoms with Gasteiger partial charge in [-0.2, -0.15) is 5.10 Å². The molecule has 7 nitrogen and oxygen atoms in total. The third kappa shape index (κ3) is 4.51. The fraction of sp³-hybridized carbons (Fsp3) is 0.273. The van der Waals surface area contributed by atoms with Gasteiger partial charge in [0.1, 0.15) is 5.82 Å². The predicted octanol–water partition coefficient (Wildman–Crippen LogP) is 2.61. The van der Waals surface area contributed by atoms with Gasteiger partial charge in [-0.1, -0.05) is 48.5 Å². The molecule has 0 saturated carbocycles. The fourth-order valence-corrected chi connectivity index (χ4v) is 3.56. The van der Waals surface area contributed by atoms with Gasteiger partial charge in [0.15, 0.2) is 5.82 Å². The molecular formula is C22H23N5O2. The summed E-state index contributed by atoms with van der Waals surface area (Å²) < 4.78 is 0. The molecule has 1 unspecified atom stereocenters. The van der Waals surface area contributed by atoms with Gasteiger partial charge in [-0.3, -0.25) is 14.7 Å². The molecule has 2 aromatic carbocycles. The zero-order valence-corrected chi connectivity index (χ0v) is 16.0. The van der Waals surface area contributed by atoms with Crippen LogP contribution in [0.15, 0.2) is 60.7 Å². The van der Waals surface area contributed by atoms with Crippen molar-refractivity contribution >= 4 is 11.8 Å². The number of aromatic nitrogens is 3. The van der Waals surface area contributed by atoms with Crippen molar-refractivity contribution in [1.82, 2.24) is 25.4 Å². The number of aromatic amines is 1. The lowest BCUT2D eigenvalue weighted by Crippen LogP contribution is -2.44. The van der Waals surface area contributed by atoms with Crippen molar-refractivity contribution in [2.75, 3.05) is 19.6 Å². The lowest BCUT2D eigenvalue weighted by Gasteiger charge is -2.31. The second-order valence-electron chi connectivity index (χ2n) is 7.14. The van der Waals surface area contributed by atoms with E-state index in [-0.39, 0.29) is 24.3 Å². The Labute approximate surface area is 169 Å². The Morgan fingerprint density at radius 3 is 2.55 bits per heavy atom. The average Bonchev–Trinajstić information content (AvgIpc) is 3.29. The molecule has 0 spiro atoms. The maximum Gasteiger partial charge on any atom is 0.251 e. The van der Waals surface area contributed by atoms with Crippen LogP contribution >= 0.6 is 0 Å². The molecular weight excluding hydrogens is 366 g/mol. The van der Waals surface area contributed by atoms with Gasteiger partial charge in [0, 0.05) is 30.1 Å². The molecule has 2 N–H and O–H groups in total. The number of amides is 2. The number of likely N-dealkylation sites (tertiary alicyclic amines) is 1. The van der Waals surface area contributed by atoms with E-state index < -0.39 is 0 Å². The average molecular weight is 389 g/mol. The molecule has 29 heavy (non-hydrogen) atoms. The number of H-pyrrole nitrogens is 1. The monoisotopic (exact) mass is 389 g/mol. The molecule has 1 aliphatic rings. The van der Waals surface area contributed by atoms with Gasteiger partial charge in [0.2, 0.25) is 5.91 Å². The van der Waals surface area contributed by atoms with Crippen LogP contribution in [0.4, 0.5) is 0 Å². The summed E-state index contributed by atoms with van der Waals surface area (Å²) in [7, 11) is 0. The number of nitrogens with zero attached hydrogens (tertiary/aromatic N) is 3. The van der Waals surface area contributed by atoms with Gasteiger partial charge in [-0.25, -0.2) is 4.98 Å². The Morgan fingerprint density at radius 2 is 1.79 bits per heavy atom. The molecule has 148 valence electrons. The number of carbonyl (C=O) groups excluding carboxylic acids is 2. The first-order chi connectivity index (χ1) is 14.2. The second kappa shape index (κ2) is 8.68. The standard InChI is InChI=1S/C22H23N5O2/c28-19(14-23-22(29)17-10-5-2-6-11-17)27-13-7-12-18(15-27)21-24-20(25-26-21)16-8-3-1-4-9-16/h1-6,8-11,18H,7,12-15H2,(H,23,29)(H,24,25,26). The maximum absolute atomic E-state index is 12.6. The number of nitrogens with one attached hydrogen (secondary N) is 2. The van der Waals surface area contributed by atoms with Crippen LogP contribution < -0.4 is 5.32 Å².